The summed E-state index contributed by atoms with van der Waals surface area (Å²) in [5, 5.41) is 4.49. The zero-order valence-electron chi connectivity index (χ0n) is 13.9. The fourth-order valence-electron chi connectivity index (χ4n) is 2.21. The number of alkyl halides is 3. The Hall–Kier alpha value is -3.69. The van der Waals surface area contributed by atoms with Gasteiger partial charge in [0.25, 0.3) is 11.8 Å². The van der Waals surface area contributed by atoms with E-state index in [0.717, 1.165) is 12.3 Å². The number of nitrogens with one attached hydrogen (secondary N) is 2. The Kier molecular flexibility index (Phi) is 5.12. The highest BCUT2D eigenvalue weighted by Crippen LogP contribution is 2.33. The van der Waals surface area contributed by atoms with Gasteiger partial charge in [-0.05, 0) is 30.3 Å². The number of carbonyl (C=O) groups is 2. The van der Waals surface area contributed by atoms with Crippen LogP contribution in [0.25, 0.3) is 0 Å². The lowest BCUT2D eigenvalue weighted by molar-refractivity contribution is -0.139. The summed E-state index contributed by atoms with van der Waals surface area (Å²) >= 11 is 0. The Morgan fingerprint density at radius 2 is 1.68 bits per heavy atom. The van der Waals surface area contributed by atoms with Gasteiger partial charge in [0.2, 0.25) is 0 Å². The van der Waals surface area contributed by atoms with Crippen molar-refractivity contribution in [3.05, 3.63) is 77.4 Å². The molecule has 0 spiro atoms. The maximum Gasteiger partial charge on any atom is 0.419 e. The Morgan fingerprint density at radius 1 is 0.964 bits per heavy atom. The molecular weight excluding hydrogens is 382 g/mol. The third-order valence-corrected chi connectivity index (χ3v) is 3.52. The molecule has 0 aliphatic carbocycles. The molecule has 0 saturated carbocycles. The van der Waals surface area contributed by atoms with Crippen LogP contribution in [-0.2, 0) is 6.18 Å². The van der Waals surface area contributed by atoms with Gasteiger partial charge in [0, 0.05) is 11.3 Å². The molecule has 144 valence electrons. The number of hydrogen-bond donors (Lipinski definition) is 2. The van der Waals surface area contributed by atoms with Crippen molar-refractivity contribution < 1.29 is 31.6 Å². The van der Waals surface area contributed by atoms with Gasteiger partial charge < -0.3 is 9.73 Å². The van der Waals surface area contributed by atoms with Crippen LogP contribution in [0.5, 0.6) is 0 Å². The summed E-state index contributed by atoms with van der Waals surface area (Å²) in [5.74, 6) is -2.88. The second-order valence-corrected chi connectivity index (χ2v) is 5.50. The number of aromatic nitrogens is 1. The summed E-state index contributed by atoms with van der Waals surface area (Å²) < 4.78 is 56.5. The van der Waals surface area contributed by atoms with Crippen LogP contribution in [0.3, 0.4) is 0 Å². The quantitative estimate of drug-likeness (QED) is 0.646. The van der Waals surface area contributed by atoms with Gasteiger partial charge in [0.05, 0.1) is 5.56 Å². The van der Waals surface area contributed by atoms with Crippen molar-refractivity contribution in [2.45, 2.75) is 6.18 Å². The average Bonchev–Trinajstić information content (AvgIpc) is 3.11. The third-order valence-electron chi connectivity index (χ3n) is 3.52. The lowest BCUT2D eigenvalue weighted by atomic mass is 10.2. The molecule has 6 nitrogen and oxygen atoms in total. The molecule has 3 rings (SSSR count). The first kappa shape index (κ1) is 19.1. The van der Waals surface area contributed by atoms with E-state index in [2.05, 4.69) is 15.6 Å². The van der Waals surface area contributed by atoms with E-state index in [1.807, 2.05) is 0 Å². The van der Waals surface area contributed by atoms with Crippen molar-refractivity contribution in [1.29, 1.82) is 0 Å². The number of rotatable bonds is 4. The van der Waals surface area contributed by atoms with E-state index in [9.17, 15) is 27.2 Å². The van der Waals surface area contributed by atoms with Gasteiger partial charge in [-0.25, -0.2) is 4.39 Å². The average molecular weight is 393 g/mol. The van der Waals surface area contributed by atoms with Gasteiger partial charge in [-0.1, -0.05) is 18.2 Å². The SMILES string of the molecule is O=C(Nc1nc(C(=O)Nc2ccc(F)c(C(F)(F)F)c2)co1)c1ccccc1. The molecule has 0 saturated heterocycles. The number of hydrogen-bond acceptors (Lipinski definition) is 4. The minimum atomic E-state index is -4.91. The number of oxazole rings is 1. The minimum Gasteiger partial charge on any atom is -0.431 e. The molecule has 1 heterocycles. The molecule has 0 bridgehead atoms. The van der Waals surface area contributed by atoms with Gasteiger partial charge in [-0.3, -0.25) is 14.9 Å². The number of nitrogens with zero attached hydrogens (tertiary/aromatic N) is 1. The van der Waals surface area contributed by atoms with Gasteiger partial charge in [-0.2, -0.15) is 18.2 Å². The van der Waals surface area contributed by atoms with Crippen LogP contribution in [0.2, 0.25) is 0 Å². The predicted molar refractivity (Wildman–Crippen MR) is 90.3 cm³/mol. The minimum absolute atomic E-state index is 0.269. The number of halogens is 4. The summed E-state index contributed by atoms with van der Waals surface area (Å²) in [6, 6.07) is 9.90. The Bertz CT molecular complexity index is 1020. The maximum atomic E-state index is 13.3. The zero-order valence-corrected chi connectivity index (χ0v) is 13.9. The second-order valence-electron chi connectivity index (χ2n) is 5.50. The molecule has 2 amide bonds. The number of anilines is 2. The number of amides is 2. The third kappa shape index (κ3) is 4.34. The molecule has 1 aromatic heterocycles. The standard InChI is InChI=1S/C18H11F4N3O3/c19-13-7-6-11(8-12(13)18(20,21)22)23-16(27)14-9-28-17(24-14)25-15(26)10-4-2-1-3-5-10/h1-9H,(H,23,27)(H,24,25,26). The first-order valence-electron chi connectivity index (χ1n) is 7.74. The molecule has 2 aromatic carbocycles. The van der Waals surface area contributed by atoms with Crippen LogP contribution in [0.15, 0.2) is 59.2 Å². The predicted octanol–water partition coefficient (Wildman–Crippen LogP) is 4.34. The lowest BCUT2D eigenvalue weighted by Crippen LogP contribution is -2.15. The van der Waals surface area contributed by atoms with Gasteiger partial charge >= 0.3 is 12.2 Å². The molecule has 0 unspecified atom stereocenters. The molecule has 0 aliphatic rings. The molecule has 0 aliphatic heterocycles. The highest BCUT2D eigenvalue weighted by atomic mass is 19.4. The molecule has 0 atom stereocenters. The van der Waals surface area contributed by atoms with Crippen molar-refractivity contribution in [1.82, 2.24) is 4.98 Å². The van der Waals surface area contributed by atoms with E-state index in [1.165, 1.54) is 0 Å². The summed E-state index contributed by atoms with van der Waals surface area (Å²) in [6.45, 7) is 0. The van der Waals surface area contributed by atoms with Crippen LogP contribution in [0.4, 0.5) is 29.3 Å². The van der Waals surface area contributed by atoms with E-state index < -0.39 is 29.4 Å². The van der Waals surface area contributed by atoms with Gasteiger partial charge in [0.15, 0.2) is 5.69 Å². The van der Waals surface area contributed by atoms with Crippen LogP contribution < -0.4 is 10.6 Å². The number of carbonyl (C=O) groups excluding carboxylic acids is 2. The molecular formula is C18H11F4N3O3. The molecule has 2 N–H and O–H groups in total. The fraction of sp³-hybridized carbons (Fsp3) is 0.0556. The van der Waals surface area contributed by atoms with Gasteiger partial charge in [-0.15, -0.1) is 0 Å². The van der Waals surface area contributed by atoms with Crippen molar-refractivity contribution >= 4 is 23.5 Å². The van der Waals surface area contributed by atoms with Crippen LogP contribution >= 0.6 is 0 Å². The van der Waals surface area contributed by atoms with Crippen molar-refractivity contribution in [3.63, 3.8) is 0 Å². The summed E-state index contributed by atoms with van der Waals surface area (Å²) in [4.78, 5) is 27.9. The van der Waals surface area contributed by atoms with Crippen molar-refractivity contribution in [2.75, 3.05) is 10.6 Å². The van der Waals surface area contributed by atoms with Crippen molar-refractivity contribution in [3.8, 4) is 0 Å². The zero-order chi connectivity index (χ0) is 20.3. The Morgan fingerprint density at radius 3 is 2.36 bits per heavy atom. The summed E-state index contributed by atoms with van der Waals surface area (Å²) in [5.41, 5.74) is -1.75. The monoisotopic (exact) mass is 393 g/mol. The normalized spacial score (nSPS) is 11.1. The topological polar surface area (TPSA) is 84.2 Å². The summed E-state index contributed by atoms with van der Waals surface area (Å²) in [6.07, 6.45) is -3.99. The Labute approximate surface area is 155 Å². The maximum absolute atomic E-state index is 13.3. The van der Waals surface area contributed by atoms with Crippen molar-refractivity contribution in [2.24, 2.45) is 0 Å². The molecule has 0 radical (unpaired) electrons. The van der Waals surface area contributed by atoms with E-state index in [1.54, 1.807) is 30.3 Å². The molecule has 0 fully saturated rings. The smallest absolute Gasteiger partial charge is 0.419 e. The lowest BCUT2D eigenvalue weighted by Gasteiger charge is -2.10. The molecule has 10 heteroatoms. The Balaban J connectivity index is 1.70. The van der Waals surface area contributed by atoms with Crippen LogP contribution in [0, 0.1) is 5.82 Å². The highest BCUT2D eigenvalue weighted by Gasteiger charge is 2.34. The molecule has 28 heavy (non-hydrogen) atoms. The van der Waals surface area contributed by atoms with E-state index >= 15 is 0 Å². The largest absolute Gasteiger partial charge is 0.431 e. The first-order valence-corrected chi connectivity index (χ1v) is 7.74. The highest BCUT2D eigenvalue weighted by molar-refractivity contribution is 6.05. The fourth-order valence-corrected chi connectivity index (χ4v) is 2.21. The van der Waals surface area contributed by atoms with E-state index in [4.69, 9.17) is 4.42 Å². The van der Waals surface area contributed by atoms with Crippen LogP contribution in [0.1, 0.15) is 26.4 Å². The summed E-state index contributed by atoms with van der Waals surface area (Å²) in [7, 11) is 0. The molecule has 3 aromatic rings. The number of benzene rings is 2. The van der Waals surface area contributed by atoms with E-state index in [0.29, 0.717) is 17.7 Å². The first-order chi connectivity index (χ1) is 13.2. The van der Waals surface area contributed by atoms with Gasteiger partial charge in [0.1, 0.15) is 12.1 Å². The van der Waals surface area contributed by atoms with Crippen LogP contribution in [-0.4, -0.2) is 16.8 Å². The second kappa shape index (κ2) is 7.51. The van der Waals surface area contributed by atoms with E-state index in [-0.39, 0.29) is 17.4 Å².